The first kappa shape index (κ1) is 17.3. The van der Waals surface area contributed by atoms with Crippen LogP contribution >= 0.6 is 0 Å². The first-order chi connectivity index (χ1) is 11.1. The Morgan fingerprint density at radius 3 is 2.52 bits per heavy atom. The smallest absolute Gasteiger partial charge is 0.338 e. The van der Waals surface area contributed by atoms with Gasteiger partial charge in [0.15, 0.2) is 6.61 Å². The number of carbonyl (C=O) groups is 2. The summed E-state index contributed by atoms with van der Waals surface area (Å²) in [5, 5.41) is 2.97. The lowest BCUT2D eigenvalue weighted by atomic mass is 9.86. The Morgan fingerprint density at radius 1 is 1.17 bits per heavy atom. The van der Waals surface area contributed by atoms with Crippen molar-refractivity contribution in [3.63, 3.8) is 0 Å². The second kappa shape index (κ2) is 8.56. The Balaban J connectivity index is 1.77. The van der Waals surface area contributed by atoms with Crippen LogP contribution in [-0.4, -0.2) is 31.1 Å². The van der Waals surface area contributed by atoms with Crippen LogP contribution in [0.1, 0.15) is 49.9 Å². The minimum Gasteiger partial charge on any atom is -0.494 e. The molecule has 1 N–H and O–H groups in total. The predicted molar refractivity (Wildman–Crippen MR) is 87.5 cm³/mol. The van der Waals surface area contributed by atoms with E-state index in [1.165, 1.54) is 6.42 Å². The molecule has 1 aromatic carbocycles. The molecular formula is C18H25NO4. The van der Waals surface area contributed by atoms with E-state index in [0.717, 1.165) is 19.3 Å². The van der Waals surface area contributed by atoms with Gasteiger partial charge in [0.25, 0.3) is 5.91 Å². The van der Waals surface area contributed by atoms with Crippen LogP contribution in [0.4, 0.5) is 0 Å². The molecule has 0 spiro atoms. The summed E-state index contributed by atoms with van der Waals surface area (Å²) in [7, 11) is 0. The maximum absolute atomic E-state index is 11.9. The predicted octanol–water partition coefficient (Wildman–Crippen LogP) is 2.94. The van der Waals surface area contributed by atoms with Gasteiger partial charge < -0.3 is 14.8 Å². The number of esters is 1. The fourth-order valence-electron chi connectivity index (χ4n) is 2.85. The summed E-state index contributed by atoms with van der Waals surface area (Å²) < 4.78 is 10.4. The fourth-order valence-corrected chi connectivity index (χ4v) is 2.85. The normalized spacial score (nSPS) is 20.6. The van der Waals surface area contributed by atoms with Gasteiger partial charge in [0.05, 0.1) is 12.2 Å². The first-order valence-corrected chi connectivity index (χ1v) is 8.29. The van der Waals surface area contributed by atoms with Crippen LogP contribution in [0, 0.1) is 5.92 Å². The van der Waals surface area contributed by atoms with Crippen molar-refractivity contribution in [2.24, 2.45) is 5.92 Å². The summed E-state index contributed by atoms with van der Waals surface area (Å²) in [4.78, 5) is 23.9. The average molecular weight is 319 g/mol. The molecule has 2 rings (SSSR count). The molecule has 5 nitrogen and oxygen atoms in total. The summed E-state index contributed by atoms with van der Waals surface area (Å²) in [5.74, 6) is 0.450. The van der Waals surface area contributed by atoms with Crippen molar-refractivity contribution < 1.29 is 19.1 Å². The summed E-state index contributed by atoms with van der Waals surface area (Å²) in [6, 6.07) is 6.89. The molecule has 0 bridgehead atoms. The second-order valence-corrected chi connectivity index (χ2v) is 5.97. The van der Waals surface area contributed by atoms with E-state index in [1.807, 2.05) is 6.92 Å². The van der Waals surface area contributed by atoms with Gasteiger partial charge >= 0.3 is 5.97 Å². The maximum Gasteiger partial charge on any atom is 0.338 e. The lowest BCUT2D eigenvalue weighted by molar-refractivity contribution is -0.125. The van der Waals surface area contributed by atoms with Gasteiger partial charge in [-0.1, -0.05) is 19.8 Å². The maximum atomic E-state index is 11.9. The van der Waals surface area contributed by atoms with E-state index in [9.17, 15) is 9.59 Å². The summed E-state index contributed by atoms with van der Waals surface area (Å²) in [6.07, 6.45) is 4.50. The molecule has 126 valence electrons. The van der Waals surface area contributed by atoms with Crippen LogP contribution < -0.4 is 10.1 Å². The van der Waals surface area contributed by atoms with E-state index in [0.29, 0.717) is 23.8 Å². The molecule has 23 heavy (non-hydrogen) atoms. The Labute approximate surface area is 137 Å². The molecule has 1 saturated carbocycles. The number of hydrogen-bond acceptors (Lipinski definition) is 4. The van der Waals surface area contributed by atoms with E-state index in [4.69, 9.17) is 9.47 Å². The summed E-state index contributed by atoms with van der Waals surface area (Å²) in [6.45, 7) is 4.38. The van der Waals surface area contributed by atoms with E-state index >= 15 is 0 Å². The molecule has 0 aliphatic heterocycles. The van der Waals surface area contributed by atoms with Gasteiger partial charge in [-0.2, -0.15) is 0 Å². The molecular weight excluding hydrogens is 294 g/mol. The summed E-state index contributed by atoms with van der Waals surface area (Å²) in [5.41, 5.74) is 0.410. The third-order valence-corrected chi connectivity index (χ3v) is 4.19. The zero-order valence-corrected chi connectivity index (χ0v) is 13.8. The van der Waals surface area contributed by atoms with Gasteiger partial charge in [-0.15, -0.1) is 0 Å². The Kier molecular flexibility index (Phi) is 6.44. The second-order valence-electron chi connectivity index (χ2n) is 5.97. The highest BCUT2D eigenvalue weighted by Crippen LogP contribution is 2.23. The highest BCUT2D eigenvalue weighted by Gasteiger charge is 2.23. The van der Waals surface area contributed by atoms with Gasteiger partial charge in [0.1, 0.15) is 5.75 Å². The Hall–Kier alpha value is -2.04. The molecule has 0 unspecified atom stereocenters. The largest absolute Gasteiger partial charge is 0.494 e. The van der Waals surface area contributed by atoms with Crippen molar-refractivity contribution in [3.8, 4) is 5.75 Å². The number of benzene rings is 1. The van der Waals surface area contributed by atoms with Crippen LogP contribution in [0.2, 0.25) is 0 Å². The number of hydrogen-bond donors (Lipinski definition) is 1. The highest BCUT2D eigenvalue weighted by atomic mass is 16.5. The van der Waals surface area contributed by atoms with Crippen LogP contribution in [-0.2, 0) is 9.53 Å². The van der Waals surface area contributed by atoms with Gasteiger partial charge in [0.2, 0.25) is 0 Å². The highest BCUT2D eigenvalue weighted by molar-refractivity contribution is 5.91. The Morgan fingerprint density at radius 2 is 1.87 bits per heavy atom. The molecule has 0 aromatic heterocycles. The van der Waals surface area contributed by atoms with E-state index < -0.39 is 5.97 Å². The standard InChI is InChI=1S/C18H25NO4/c1-3-22-15-10-8-14(9-11-15)18(21)23-12-17(20)19-16-7-5-4-6-13(16)2/h8-11,13,16H,3-7,12H2,1-2H3,(H,19,20)/t13-,16+/m1/s1. The van der Waals surface area contributed by atoms with Crippen molar-refractivity contribution in [1.82, 2.24) is 5.32 Å². The quantitative estimate of drug-likeness (QED) is 0.819. The van der Waals surface area contributed by atoms with Crippen LogP contribution in [0.15, 0.2) is 24.3 Å². The van der Waals surface area contributed by atoms with Crippen molar-refractivity contribution >= 4 is 11.9 Å². The molecule has 2 atom stereocenters. The van der Waals surface area contributed by atoms with Crippen LogP contribution in [0.3, 0.4) is 0 Å². The number of nitrogens with one attached hydrogen (secondary N) is 1. The molecule has 0 heterocycles. The number of amides is 1. The zero-order valence-electron chi connectivity index (χ0n) is 13.8. The van der Waals surface area contributed by atoms with E-state index in [-0.39, 0.29) is 18.6 Å². The molecule has 1 aromatic rings. The van der Waals surface area contributed by atoms with Gasteiger partial charge in [0, 0.05) is 6.04 Å². The molecule has 1 amide bonds. The van der Waals surface area contributed by atoms with Crippen molar-refractivity contribution in [2.75, 3.05) is 13.2 Å². The summed E-state index contributed by atoms with van der Waals surface area (Å²) >= 11 is 0. The molecule has 0 saturated heterocycles. The lowest BCUT2D eigenvalue weighted by Gasteiger charge is -2.29. The first-order valence-electron chi connectivity index (χ1n) is 8.29. The lowest BCUT2D eigenvalue weighted by Crippen LogP contribution is -2.42. The van der Waals surface area contributed by atoms with Crippen molar-refractivity contribution in [3.05, 3.63) is 29.8 Å². The van der Waals surface area contributed by atoms with Gasteiger partial charge in [-0.25, -0.2) is 4.79 Å². The van der Waals surface area contributed by atoms with Crippen molar-refractivity contribution in [2.45, 2.75) is 45.6 Å². The minimum absolute atomic E-state index is 0.195. The third-order valence-electron chi connectivity index (χ3n) is 4.19. The molecule has 1 aliphatic carbocycles. The van der Waals surface area contributed by atoms with E-state index in [1.54, 1.807) is 24.3 Å². The van der Waals surface area contributed by atoms with Crippen LogP contribution in [0.5, 0.6) is 5.75 Å². The Bertz CT molecular complexity index is 526. The average Bonchev–Trinajstić information content (AvgIpc) is 2.56. The fraction of sp³-hybridized carbons (Fsp3) is 0.556. The topological polar surface area (TPSA) is 64.6 Å². The van der Waals surface area contributed by atoms with Gasteiger partial charge in [-0.3, -0.25) is 4.79 Å². The zero-order chi connectivity index (χ0) is 16.7. The van der Waals surface area contributed by atoms with Crippen LogP contribution in [0.25, 0.3) is 0 Å². The molecule has 0 radical (unpaired) electrons. The monoisotopic (exact) mass is 319 g/mol. The number of ether oxygens (including phenoxy) is 2. The van der Waals surface area contributed by atoms with Crippen molar-refractivity contribution in [1.29, 1.82) is 0 Å². The number of rotatable bonds is 6. The minimum atomic E-state index is -0.500. The SMILES string of the molecule is CCOc1ccc(C(=O)OCC(=O)N[C@H]2CCCC[C@H]2C)cc1. The molecule has 5 heteroatoms. The van der Waals surface area contributed by atoms with E-state index in [2.05, 4.69) is 12.2 Å². The number of carbonyl (C=O) groups excluding carboxylic acids is 2. The molecule has 1 aliphatic rings. The molecule has 1 fully saturated rings. The van der Waals surface area contributed by atoms with Gasteiger partial charge in [-0.05, 0) is 49.9 Å². The third kappa shape index (κ3) is 5.27.